The third-order valence-electron chi connectivity index (χ3n) is 5.23. The third kappa shape index (κ3) is 4.88. The molecule has 12 heteroatoms. The molecule has 0 bridgehead atoms. The van der Waals surface area contributed by atoms with Crippen LogP contribution in [0.3, 0.4) is 0 Å². The van der Waals surface area contributed by atoms with Crippen LogP contribution in [0, 0.1) is 12.7 Å². The Morgan fingerprint density at radius 3 is 2.47 bits per heavy atom. The number of nitrogens with one attached hydrogen (secondary N) is 1. The molecule has 0 spiro atoms. The number of carbonyl (C=O) groups excluding carboxylic acids is 2. The van der Waals surface area contributed by atoms with Crippen molar-refractivity contribution in [2.75, 3.05) is 5.32 Å². The lowest BCUT2D eigenvalue weighted by molar-refractivity contribution is -0.211. The van der Waals surface area contributed by atoms with Crippen molar-refractivity contribution in [2.24, 2.45) is 0 Å². The summed E-state index contributed by atoms with van der Waals surface area (Å²) < 4.78 is 57.5. The Balaban J connectivity index is 1.72. The van der Waals surface area contributed by atoms with Gasteiger partial charge in [0, 0.05) is 23.5 Å². The fourth-order valence-corrected chi connectivity index (χ4v) is 3.39. The molecule has 1 aromatic carbocycles. The van der Waals surface area contributed by atoms with Crippen LogP contribution in [0.15, 0.2) is 54.9 Å². The molecule has 36 heavy (non-hydrogen) atoms. The van der Waals surface area contributed by atoms with Crippen molar-refractivity contribution >= 4 is 23.3 Å². The highest BCUT2D eigenvalue weighted by Crippen LogP contribution is 2.34. The average molecular weight is 501 g/mol. The van der Waals surface area contributed by atoms with E-state index in [0.29, 0.717) is 33.7 Å². The van der Waals surface area contributed by atoms with Gasteiger partial charge in [-0.2, -0.15) is 18.3 Å². The summed E-state index contributed by atoms with van der Waals surface area (Å²) in [5, 5.41) is 6.71. The first kappa shape index (κ1) is 24.8. The number of nitrogens with zero attached hydrogens (tertiary/aromatic N) is 4. The van der Waals surface area contributed by atoms with E-state index in [9.17, 15) is 27.2 Å². The van der Waals surface area contributed by atoms with E-state index < -0.39 is 23.7 Å². The maximum atomic E-state index is 13.9. The number of alkyl halides is 3. The molecule has 0 aliphatic rings. The van der Waals surface area contributed by atoms with E-state index in [4.69, 9.17) is 0 Å². The van der Waals surface area contributed by atoms with Gasteiger partial charge in [0.25, 0.3) is 5.91 Å². The zero-order valence-electron chi connectivity index (χ0n) is 19.2. The van der Waals surface area contributed by atoms with Gasteiger partial charge in [-0.3, -0.25) is 4.79 Å². The number of benzene rings is 1. The van der Waals surface area contributed by atoms with E-state index in [1.807, 2.05) is 0 Å². The summed E-state index contributed by atoms with van der Waals surface area (Å²) in [4.78, 5) is 32.5. The van der Waals surface area contributed by atoms with E-state index in [0.717, 1.165) is 13.8 Å². The van der Waals surface area contributed by atoms with E-state index in [-0.39, 0.29) is 11.6 Å². The van der Waals surface area contributed by atoms with E-state index in [1.54, 1.807) is 48.0 Å². The van der Waals surface area contributed by atoms with Gasteiger partial charge >= 0.3 is 12.1 Å². The molecule has 0 saturated carbocycles. The summed E-state index contributed by atoms with van der Waals surface area (Å²) >= 11 is 0. The van der Waals surface area contributed by atoms with Gasteiger partial charge < -0.3 is 10.1 Å². The second kappa shape index (κ2) is 9.02. The number of pyridine rings is 1. The van der Waals surface area contributed by atoms with Gasteiger partial charge in [0.15, 0.2) is 11.2 Å². The van der Waals surface area contributed by atoms with Gasteiger partial charge in [0.05, 0.1) is 5.69 Å². The summed E-state index contributed by atoms with van der Waals surface area (Å²) in [7, 11) is 0. The Morgan fingerprint density at radius 2 is 1.78 bits per heavy atom. The van der Waals surface area contributed by atoms with Crippen LogP contribution < -0.4 is 5.32 Å². The maximum absolute atomic E-state index is 13.9. The highest BCUT2D eigenvalue weighted by molar-refractivity contribution is 5.98. The molecule has 0 fully saturated rings. The van der Waals surface area contributed by atoms with Crippen molar-refractivity contribution < 1.29 is 31.9 Å². The largest absolute Gasteiger partial charge is 0.490 e. The predicted octanol–water partition coefficient (Wildman–Crippen LogP) is 4.73. The van der Waals surface area contributed by atoms with Crippen molar-refractivity contribution in [3.8, 4) is 22.5 Å². The number of anilines is 1. The van der Waals surface area contributed by atoms with E-state index in [1.165, 1.54) is 18.3 Å². The Bertz CT molecular complexity index is 1480. The molecule has 4 aromatic rings. The smallest absolute Gasteiger partial charge is 0.443 e. The van der Waals surface area contributed by atoms with Crippen LogP contribution in [0.5, 0.6) is 0 Å². The van der Waals surface area contributed by atoms with Gasteiger partial charge in [0.2, 0.25) is 0 Å². The molecule has 8 nitrogen and oxygen atoms in total. The molecule has 1 amide bonds. The summed E-state index contributed by atoms with van der Waals surface area (Å²) in [6.07, 6.45) is -2.32. The Kier molecular flexibility index (Phi) is 6.21. The Hall–Kier alpha value is -4.35. The molecule has 0 saturated heterocycles. The van der Waals surface area contributed by atoms with Crippen LogP contribution in [-0.2, 0) is 14.3 Å². The van der Waals surface area contributed by atoms with Gasteiger partial charge in [-0.05, 0) is 68.8 Å². The number of aromatic nitrogens is 4. The SMILES string of the molecule is Cc1cc(-c2nc3cccnn3c2-c2ccnc(NC(=O)C(C)(C)OC(=O)C(F)(F)F)c2)ccc1F. The number of hydrogen-bond acceptors (Lipinski definition) is 6. The van der Waals surface area contributed by atoms with Crippen LogP contribution in [0.4, 0.5) is 23.4 Å². The number of aryl methyl sites for hydroxylation is 1. The first-order chi connectivity index (χ1) is 16.9. The van der Waals surface area contributed by atoms with E-state index >= 15 is 0 Å². The lowest BCUT2D eigenvalue weighted by atomic mass is 10.0. The first-order valence-corrected chi connectivity index (χ1v) is 10.5. The second-order valence-electron chi connectivity index (χ2n) is 8.35. The maximum Gasteiger partial charge on any atom is 0.490 e. The van der Waals surface area contributed by atoms with Gasteiger partial charge in [0.1, 0.15) is 17.3 Å². The summed E-state index contributed by atoms with van der Waals surface area (Å²) in [5.74, 6) is -3.89. The fourth-order valence-electron chi connectivity index (χ4n) is 3.39. The lowest BCUT2D eigenvalue weighted by Gasteiger charge is -2.24. The first-order valence-electron chi connectivity index (χ1n) is 10.5. The highest BCUT2D eigenvalue weighted by Gasteiger charge is 2.46. The summed E-state index contributed by atoms with van der Waals surface area (Å²) in [6, 6.07) is 11.1. The van der Waals surface area contributed by atoms with Crippen molar-refractivity contribution in [1.29, 1.82) is 0 Å². The molecule has 4 rings (SSSR count). The number of esters is 1. The quantitative estimate of drug-likeness (QED) is 0.314. The highest BCUT2D eigenvalue weighted by atomic mass is 19.4. The fraction of sp³-hybridized carbons (Fsp3) is 0.208. The molecular weight excluding hydrogens is 482 g/mol. The number of fused-ring (bicyclic) bond motifs is 1. The van der Waals surface area contributed by atoms with Crippen molar-refractivity contribution in [2.45, 2.75) is 32.5 Å². The number of halogens is 4. The minimum atomic E-state index is -5.25. The summed E-state index contributed by atoms with van der Waals surface area (Å²) in [6.45, 7) is 3.68. The number of rotatable bonds is 5. The molecule has 1 N–H and O–H groups in total. The van der Waals surface area contributed by atoms with Crippen LogP contribution in [0.1, 0.15) is 19.4 Å². The second-order valence-corrected chi connectivity index (χ2v) is 8.35. The molecular formula is C24H19F4N5O3. The van der Waals surface area contributed by atoms with Crippen molar-refractivity contribution in [3.63, 3.8) is 0 Å². The Morgan fingerprint density at radius 1 is 1.03 bits per heavy atom. The molecule has 0 aliphatic heterocycles. The molecule has 3 aromatic heterocycles. The molecule has 0 unspecified atom stereocenters. The van der Waals surface area contributed by atoms with Gasteiger partial charge in [-0.25, -0.2) is 23.7 Å². The van der Waals surface area contributed by atoms with Crippen molar-refractivity contribution in [3.05, 3.63) is 66.2 Å². The predicted molar refractivity (Wildman–Crippen MR) is 121 cm³/mol. The minimum absolute atomic E-state index is 0.0132. The van der Waals surface area contributed by atoms with E-state index in [2.05, 4.69) is 25.1 Å². The summed E-state index contributed by atoms with van der Waals surface area (Å²) in [5.41, 5.74) is 0.919. The van der Waals surface area contributed by atoms with Gasteiger partial charge in [-0.15, -0.1) is 0 Å². The molecule has 3 heterocycles. The standard InChI is InChI=1S/C24H19F4N5O3/c1-13-11-14(6-7-16(13)25)19-20(33-18(32-19)5-4-9-30-33)15-8-10-29-17(12-15)31-21(34)23(2,3)36-22(35)24(26,27)28/h4-12H,1-3H3,(H,29,31,34). The Labute approximate surface area is 201 Å². The van der Waals surface area contributed by atoms with Crippen molar-refractivity contribution in [1.82, 2.24) is 19.6 Å². The molecule has 186 valence electrons. The number of hydrogen-bond donors (Lipinski definition) is 1. The number of carbonyl (C=O) groups is 2. The third-order valence-corrected chi connectivity index (χ3v) is 5.23. The number of imidazole rings is 1. The number of ether oxygens (including phenoxy) is 1. The zero-order valence-corrected chi connectivity index (χ0v) is 19.2. The van der Waals surface area contributed by atoms with Crippen LogP contribution in [0.2, 0.25) is 0 Å². The topological polar surface area (TPSA) is 98.5 Å². The van der Waals surface area contributed by atoms with Crippen LogP contribution >= 0.6 is 0 Å². The van der Waals surface area contributed by atoms with Crippen LogP contribution in [0.25, 0.3) is 28.2 Å². The minimum Gasteiger partial charge on any atom is -0.443 e. The average Bonchev–Trinajstić information content (AvgIpc) is 3.20. The zero-order chi connectivity index (χ0) is 26.3. The lowest BCUT2D eigenvalue weighted by Crippen LogP contribution is -2.44. The molecule has 0 aliphatic carbocycles. The molecule has 0 radical (unpaired) electrons. The molecule has 0 atom stereocenters. The number of amides is 1. The van der Waals surface area contributed by atoms with Gasteiger partial charge in [-0.1, -0.05) is 0 Å². The van der Waals surface area contributed by atoms with Crippen LogP contribution in [-0.4, -0.2) is 43.2 Å². The monoisotopic (exact) mass is 501 g/mol. The normalized spacial score (nSPS) is 12.0.